The standard InChI is InChI=1S/C32H37N3O2S/c1-5-35-31(27-16-10-24(3)11-17-27)30(26-14-8-23(2)9-15-26)34-32(35)38-21-7-6-20-33-29(36)22-25-12-18-28(37-4)19-13-25/h8-19H,5-7,20-22H2,1-4H3,(H,33,36). The number of unbranched alkanes of at least 4 members (excludes halogenated alkanes) is 1. The summed E-state index contributed by atoms with van der Waals surface area (Å²) >= 11 is 1.79. The van der Waals surface area contributed by atoms with Crippen molar-refractivity contribution in [1.82, 2.24) is 14.9 Å². The van der Waals surface area contributed by atoms with Crippen LogP contribution in [0.2, 0.25) is 0 Å². The molecule has 1 amide bonds. The van der Waals surface area contributed by atoms with Crippen LogP contribution in [0.15, 0.2) is 78.0 Å². The molecule has 0 saturated heterocycles. The minimum Gasteiger partial charge on any atom is -0.497 e. The summed E-state index contributed by atoms with van der Waals surface area (Å²) in [5.74, 6) is 1.80. The molecule has 5 nitrogen and oxygen atoms in total. The van der Waals surface area contributed by atoms with Gasteiger partial charge in [0.2, 0.25) is 5.91 Å². The fraction of sp³-hybridized carbons (Fsp3) is 0.312. The van der Waals surface area contributed by atoms with Crippen LogP contribution in [-0.4, -0.2) is 34.9 Å². The zero-order valence-electron chi connectivity index (χ0n) is 22.8. The molecule has 198 valence electrons. The number of carbonyl (C=O) groups is 1. The number of rotatable bonds is 12. The molecule has 4 aromatic rings. The van der Waals surface area contributed by atoms with Crippen LogP contribution < -0.4 is 10.1 Å². The van der Waals surface area contributed by atoms with Crippen LogP contribution in [0.25, 0.3) is 22.5 Å². The van der Waals surface area contributed by atoms with Gasteiger partial charge in [0, 0.05) is 30.0 Å². The molecular weight excluding hydrogens is 490 g/mol. The minimum absolute atomic E-state index is 0.0508. The van der Waals surface area contributed by atoms with E-state index < -0.39 is 0 Å². The molecular formula is C32H37N3O2S. The number of aromatic nitrogens is 2. The molecule has 0 saturated carbocycles. The van der Waals surface area contributed by atoms with Gasteiger partial charge in [-0.15, -0.1) is 0 Å². The smallest absolute Gasteiger partial charge is 0.224 e. The Bertz CT molecular complexity index is 1330. The average Bonchev–Trinajstić information content (AvgIpc) is 3.30. The number of aryl methyl sites for hydroxylation is 2. The fourth-order valence-electron chi connectivity index (χ4n) is 4.36. The van der Waals surface area contributed by atoms with Gasteiger partial charge in [0.05, 0.1) is 24.9 Å². The molecule has 1 heterocycles. The minimum atomic E-state index is 0.0508. The van der Waals surface area contributed by atoms with E-state index in [4.69, 9.17) is 9.72 Å². The van der Waals surface area contributed by atoms with E-state index in [1.165, 1.54) is 22.4 Å². The molecule has 4 rings (SSSR count). The Kier molecular flexibility index (Phi) is 9.66. The van der Waals surface area contributed by atoms with Crippen molar-refractivity contribution in [2.45, 2.75) is 51.7 Å². The van der Waals surface area contributed by atoms with E-state index in [1.54, 1.807) is 18.9 Å². The number of methoxy groups -OCH3 is 1. The maximum absolute atomic E-state index is 12.3. The van der Waals surface area contributed by atoms with Gasteiger partial charge in [0.1, 0.15) is 5.75 Å². The van der Waals surface area contributed by atoms with E-state index in [0.717, 1.165) is 52.9 Å². The SMILES string of the molecule is CCn1c(SCCCCNC(=O)Cc2ccc(OC)cc2)nc(-c2ccc(C)cc2)c1-c1ccc(C)cc1. The summed E-state index contributed by atoms with van der Waals surface area (Å²) in [7, 11) is 1.64. The highest BCUT2D eigenvalue weighted by Gasteiger charge is 2.19. The fourth-order valence-corrected chi connectivity index (χ4v) is 5.43. The molecule has 0 fully saturated rings. The first kappa shape index (κ1) is 27.5. The predicted molar refractivity (Wildman–Crippen MR) is 158 cm³/mol. The predicted octanol–water partition coefficient (Wildman–Crippen LogP) is 7.09. The van der Waals surface area contributed by atoms with Crippen molar-refractivity contribution in [2.75, 3.05) is 19.4 Å². The lowest BCUT2D eigenvalue weighted by Gasteiger charge is -2.11. The largest absolute Gasteiger partial charge is 0.497 e. The van der Waals surface area contributed by atoms with E-state index in [2.05, 4.69) is 79.2 Å². The first-order valence-electron chi connectivity index (χ1n) is 13.3. The lowest BCUT2D eigenvalue weighted by Crippen LogP contribution is -2.26. The van der Waals surface area contributed by atoms with E-state index in [-0.39, 0.29) is 5.91 Å². The van der Waals surface area contributed by atoms with E-state index in [0.29, 0.717) is 13.0 Å². The third-order valence-electron chi connectivity index (χ3n) is 6.55. The number of benzene rings is 3. The Morgan fingerprint density at radius 3 is 2.13 bits per heavy atom. The first-order chi connectivity index (χ1) is 18.5. The van der Waals surface area contributed by atoms with Crippen LogP contribution in [0.3, 0.4) is 0 Å². The van der Waals surface area contributed by atoms with Crippen molar-refractivity contribution in [2.24, 2.45) is 0 Å². The molecule has 38 heavy (non-hydrogen) atoms. The van der Waals surface area contributed by atoms with Crippen molar-refractivity contribution >= 4 is 17.7 Å². The Balaban J connectivity index is 1.36. The molecule has 3 aromatic carbocycles. The zero-order valence-corrected chi connectivity index (χ0v) is 23.6. The van der Waals surface area contributed by atoms with Crippen molar-refractivity contribution < 1.29 is 9.53 Å². The number of ether oxygens (including phenoxy) is 1. The molecule has 6 heteroatoms. The van der Waals surface area contributed by atoms with Crippen LogP contribution >= 0.6 is 11.8 Å². The van der Waals surface area contributed by atoms with Gasteiger partial charge in [0.25, 0.3) is 0 Å². The Labute approximate surface area is 230 Å². The maximum Gasteiger partial charge on any atom is 0.224 e. The van der Waals surface area contributed by atoms with Gasteiger partial charge in [-0.3, -0.25) is 4.79 Å². The molecule has 0 unspecified atom stereocenters. The summed E-state index contributed by atoms with van der Waals surface area (Å²) in [6.45, 7) is 7.94. The van der Waals surface area contributed by atoms with Gasteiger partial charge in [-0.25, -0.2) is 4.98 Å². The molecule has 0 radical (unpaired) electrons. The van der Waals surface area contributed by atoms with Crippen LogP contribution in [0.1, 0.15) is 36.5 Å². The van der Waals surface area contributed by atoms with Crippen molar-refractivity contribution in [1.29, 1.82) is 0 Å². The van der Waals surface area contributed by atoms with Crippen molar-refractivity contribution in [3.8, 4) is 28.3 Å². The zero-order chi connectivity index (χ0) is 26.9. The highest BCUT2D eigenvalue weighted by molar-refractivity contribution is 7.99. The van der Waals surface area contributed by atoms with Crippen LogP contribution in [0, 0.1) is 13.8 Å². The van der Waals surface area contributed by atoms with Crippen molar-refractivity contribution in [3.05, 3.63) is 89.5 Å². The highest BCUT2D eigenvalue weighted by Crippen LogP contribution is 2.36. The highest BCUT2D eigenvalue weighted by atomic mass is 32.2. The summed E-state index contributed by atoms with van der Waals surface area (Å²) in [6, 6.07) is 25.0. The van der Waals surface area contributed by atoms with Gasteiger partial charge >= 0.3 is 0 Å². The van der Waals surface area contributed by atoms with E-state index in [1.807, 2.05) is 24.3 Å². The summed E-state index contributed by atoms with van der Waals surface area (Å²) < 4.78 is 7.51. The number of nitrogens with one attached hydrogen (secondary N) is 1. The number of hydrogen-bond donors (Lipinski definition) is 1. The summed E-state index contributed by atoms with van der Waals surface area (Å²) in [4.78, 5) is 17.4. The second-order valence-electron chi connectivity index (χ2n) is 9.50. The summed E-state index contributed by atoms with van der Waals surface area (Å²) in [5, 5.41) is 4.09. The monoisotopic (exact) mass is 527 g/mol. The van der Waals surface area contributed by atoms with E-state index >= 15 is 0 Å². The van der Waals surface area contributed by atoms with Gasteiger partial charge in [-0.05, 0) is 51.3 Å². The summed E-state index contributed by atoms with van der Waals surface area (Å²) in [6.07, 6.45) is 2.32. The van der Waals surface area contributed by atoms with Crippen molar-refractivity contribution in [3.63, 3.8) is 0 Å². The molecule has 0 aliphatic carbocycles. The number of carbonyl (C=O) groups excluding carboxylic acids is 1. The van der Waals surface area contributed by atoms with Gasteiger partial charge in [0.15, 0.2) is 5.16 Å². The number of hydrogen-bond acceptors (Lipinski definition) is 4. The number of nitrogens with zero attached hydrogens (tertiary/aromatic N) is 2. The number of thioether (sulfide) groups is 1. The quantitative estimate of drug-likeness (QED) is 0.158. The van der Waals surface area contributed by atoms with E-state index in [9.17, 15) is 4.79 Å². The van der Waals surface area contributed by atoms with Gasteiger partial charge < -0.3 is 14.6 Å². The first-order valence-corrected chi connectivity index (χ1v) is 14.2. The molecule has 1 N–H and O–H groups in total. The van der Waals surface area contributed by atoms with Gasteiger partial charge in [-0.1, -0.05) is 83.6 Å². The third-order valence-corrected chi connectivity index (χ3v) is 7.61. The molecule has 0 atom stereocenters. The van der Waals surface area contributed by atoms with Crippen LogP contribution in [0.4, 0.5) is 0 Å². The topological polar surface area (TPSA) is 56.2 Å². The lowest BCUT2D eigenvalue weighted by atomic mass is 10.0. The lowest BCUT2D eigenvalue weighted by molar-refractivity contribution is -0.120. The Hall–Kier alpha value is -3.51. The number of imidazole rings is 1. The second kappa shape index (κ2) is 13.3. The Morgan fingerprint density at radius 1 is 0.895 bits per heavy atom. The average molecular weight is 528 g/mol. The third kappa shape index (κ3) is 7.07. The molecule has 1 aromatic heterocycles. The Morgan fingerprint density at radius 2 is 1.53 bits per heavy atom. The molecule has 0 aliphatic rings. The van der Waals surface area contributed by atoms with Crippen LogP contribution in [-0.2, 0) is 17.8 Å². The second-order valence-corrected chi connectivity index (χ2v) is 10.6. The number of amides is 1. The normalized spacial score (nSPS) is 10.9. The summed E-state index contributed by atoms with van der Waals surface area (Å²) in [5.41, 5.74) is 8.00. The molecule has 0 aliphatic heterocycles. The van der Waals surface area contributed by atoms with Gasteiger partial charge in [-0.2, -0.15) is 0 Å². The van der Waals surface area contributed by atoms with Crippen LogP contribution in [0.5, 0.6) is 5.75 Å². The maximum atomic E-state index is 12.3. The molecule has 0 spiro atoms. The molecule has 0 bridgehead atoms.